The smallest absolute Gasteiger partial charge is 0.0477 e. The van der Waals surface area contributed by atoms with Crippen molar-refractivity contribution >= 4 is 27.3 Å². The van der Waals surface area contributed by atoms with Crippen LogP contribution in [0.5, 0.6) is 0 Å². The van der Waals surface area contributed by atoms with E-state index in [1.54, 1.807) is 0 Å². The van der Waals surface area contributed by atoms with E-state index in [0.29, 0.717) is 0 Å². The van der Waals surface area contributed by atoms with E-state index in [1.807, 2.05) is 18.3 Å². The maximum absolute atomic E-state index is 5.26. The Morgan fingerprint density at radius 2 is 2.33 bits per heavy atom. The second kappa shape index (κ2) is 7.39. The van der Waals surface area contributed by atoms with Gasteiger partial charge in [0.25, 0.3) is 0 Å². The third-order valence-corrected chi connectivity index (χ3v) is 4.19. The van der Waals surface area contributed by atoms with E-state index in [0.717, 1.165) is 32.7 Å². The number of thiophene rings is 1. The molecule has 0 saturated heterocycles. The quantitative estimate of drug-likeness (QED) is 0.778. The monoisotopic (exact) mass is 291 g/mol. The Morgan fingerprint density at radius 3 is 2.93 bits per heavy atom. The summed E-state index contributed by atoms with van der Waals surface area (Å²) in [5.41, 5.74) is 0. The average Bonchev–Trinajstić information content (AvgIpc) is 2.52. The van der Waals surface area contributed by atoms with E-state index in [9.17, 15) is 0 Å². The standard InChI is InChI=1S/C11H18BrNOS/c1-3-14-6-4-5-13-8-10-7-11(12)9(2)15-10/h7,13H,3-6,8H2,1-2H3. The van der Waals surface area contributed by atoms with Crippen molar-refractivity contribution in [3.8, 4) is 0 Å². The fourth-order valence-electron chi connectivity index (χ4n) is 1.26. The van der Waals surface area contributed by atoms with Gasteiger partial charge in [-0.1, -0.05) is 0 Å². The number of aryl methyl sites for hydroxylation is 1. The molecule has 0 bridgehead atoms. The summed E-state index contributed by atoms with van der Waals surface area (Å²) < 4.78 is 6.49. The minimum Gasteiger partial charge on any atom is -0.382 e. The minimum absolute atomic E-state index is 0.817. The molecular formula is C11H18BrNOS. The number of halogens is 1. The zero-order valence-electron chi connectivity index (χ0n) is 9.31. The van der Waals surface area contributed by atoms with Gasteiger partial charge >= 0.3 is 0 Å². The number of rotatable bonds is 7. The average molecular weight is 292 g/mol. The summed E-state index contributed by atoms with van der Waals surface area (Å²) in [4.78, 5) is 2.73. The van der Waals surface area contributed by atoms with Crippen LogP contribution in [0.4, 0.5) is 0 Å². The Morgan fingerprint density at radius 1 is 1.53 bits per heavy atom. The first-order valence-electron chi connectivity index (χ1n) is 5.27. The zero-order chi connectivity index (χ0) is 11.1. The van der Waals surface area contributed by atoms with Crippen molar-refractivity contribution in [3.63, 3.8) is 0 Å². The summed E-state index contributed by atoms with van der Waals surface area (Å²) in [7, 11) is 0. The molecule has 0 aliphatic heterocycles. The first kappa shape index (κ1) is 13.2. The summed E-state index contributed by atoms with van der Waals surface area (Å²) in [6.07, 6.45) is 1.08. The lowest BCUT2D eigenvalue weighted by Gasteiger charge is -2.02. The van der Waals surface area contributed by atoms with Gasteiger partial charge in [-0.3, -0.25) is 0 Å². The van der Waals surface area contributed by atoms with E-state index >= 15 is 0 Å². The maximum Gasteiger partial charge on any atom is 0.0477 e. The normalized spacial score (nSPS) is 10.9. The van der Waals surface area contributed by atoms with Crippen molar-refractivity contribution in [3.05, 3.63) is 20.3 Å². The van der Waals surface area contributed by atoms with Gasteiger partial charge in [0.05, 0.1) is 0 Å². The van der Waals surface area contributed by atoms with Gasteiger partial charge in [0.15, 0.2) is 0 Å². The largest absolute Gasteiger partial charge is 0.382 e. The van der Waals surface area contributed by atoms with Gasteiger partial charge < -0.3 is 10.1 Å². The molecule has 0 fully saturated rings. The lowest BCUT2D eigenvalue weighted by molar-refractivity contribution is 0.144. The molecule has 0 atom stereocenters. The molecule has 0 spiro atoms. The van der Waals surface area contributed by atoms with Gasteiger partial charge in [0.2, 0.25) is 0 Å². The predicted molar refractivity (Wildman–Crippen MR) is 69.6 cm³/mol. The predicted octanol–water partition coefficient (Wildman–Crippen LogP) is 3.34. The number of ether oxygens (including phenoxy) is 1. The molecule has 1 N–H and O–H groups in total. The van der Waals surface area contributed by atoms with Crippen LogP contribution in [0.1, 0.15) is 23.1 Å². The highest BCUT2D eigenvalue weighted by Gasteiger charge is 2.01. The van der Waals surface area contributed by atoms with E-state index in [1.165, 1.54) is 14.2 Å². The first-order valence-corrected chi connectivity index (χ1v) is 6.88. The summed E-state index contributed by atoms with van der Waals surface area (Å²) >= 11 is 5.36. The first-order chi connectivity index (χ1) is 7.24. The highest BCUT2D eigenvalue weighted by Crippen LogP contribution is 2.25. The maximum atomic E-state index is 5.26. The van der Waals surface area contributed by atoms with Crippen LogP contribution in [0.25, 0.3) is 0 Å². The highest BCUT2D eigenvalue weighted by molar-refractivity contribution is 9.10. The molecule has 1 heterocycles. The van der Waals surface area contributed by atoms with Gasteiger partial charge in [-0.2, -0.15) is 0 Å². The number of hydrogen-bond acceptors (Lipinski definition) is 3. The van der Waals surface area contributed by atoms with Crippen molar-refractivity contribution in [2.24, 2.45) is 0 Å². The fourth-order valence-corrected chi connectivity index (χ4v) is 2.83. The Hall–Kier alpha value is 0.1000. The van der Waals surface area contributed by atoms with Crippen LogP contribution in [0, 0.1) is 6.92 Å². The van der Waals surface area contributed by atoms with Gasteiger partial charge in [-0.25, -0.2) is 0 Å². The van der Waals surface area contributed by atoms with Crippen LogP contribution in [-0.4, -0.2) is 19.8 Å². The molecular weight excluding hydrogens is 274 g/mol. The zero-order valence-corrected chi connectivity index (χ0v) is 11.7. The van der Waals surface area contributed by atoms with Crippen LogP contribution >= 0.6 is 27.3 Å². The third kappa shape index (κ3) is 5.11. The lowest BCUT2D eigenvalue weighted by Crippen LogP contribution is -2.15. The molecule has 0 saturated carbocycles. The van der Waals surface area contributed by atoms with Crippen LogP contribution in [-0.2, 0) is 11.3 Å². The topological polar surface area (TPSA) is 21.3 Å². The number of hydrogen-bond donors (Lipinski definition) is 1. The van der Waals surface area contributed by atoms with Crippen LogP contribution in [0.15, 0.2) is 10.5 Å². The molecule has 0 radical (unpaired) electrons. The molecule has 0 aromatic carbocycles. The molecule has 86 valence electrons. The van der Waals surface area contributed by atoms with Crippen molar-refractivity contribution in [2.75, 3.05) is 19.8 Å². The van der Waals surface area contributed by atoms with Crippen molar-refractivity contribution < 1.29 is 4.74 Å². The summed E-state index contributed by atoms with van der Waals surface area (Å²) in [5.74, 6) is 0. The van der Waals surface area contributed by atoms with Crippen molar-refractivity contribution in [1.82, 2.24) is 5.32 Å². The second-order valence-corrected chi connectivity index (χ2v) is 5.54. The van der Waals surface area contributed by atoms with Crippen LogP contribution in [0.3, 0.4) is 0 Å². The third-order valence-electron chi connectivity index (χ3n) is 2.05. The molecule has 0 aliphatic carbocycles. The molecule has 0 unspecified atom stereocenters. The summed E-state index contributed by atoms with van der Waals surface area (Å²) in [6.45, 7) is 7.82. The Bertz CT molecular complexity index is 269. The van der Waals surface area contributed by atoms with Gasteiger partial charge in [-0.05, 0) is 48.8 Å². The molecule has 2 nitrogen and oxygen atoms in total. The second-order valence-electron chi connectivity index (χ2n) is 3.34. The lowest BCUT2D eigenvalue weighted by atomic mass is 10.4. The van der Waals surface area contributed by atoms with Gasteiger partial charge in [0.1, 0.15) is 0 Å². The van der Waals surface area contributed by atoms with Crippen LogP contribution < -0.4 is 5.32 Å². The minimum atomic E-state index is 0.817. The number of nitrogens with one attached hydrogen (secondary N) is 1. The van der Waals surface area contributed by atoms with Crippen molar-refractivity contribution in [2.45, 2.75) is 26.8 Å². The molecule has 0 aliphatic rings. The molecule has 4 heteroatoms. The van der Waals surface area contributed by atoms with E-state index < -0.39 is 0 Å². The molecule has 0 amide bonds. The SMILES string of the molecule is CCOCCCNCc1cc(Br)c(C)s1. The van der Waals surface area contributed by atoms with Gasteiger partial charge in [0, 0.05) is 34.0 Å². The molecule has 1 aromatic rings. The highest BCUT2D eigenvalue weighted by atomic mass is 79.9. The van der Waals surface area contributed by atoms with Gasteiger partial charge in [-0.15, -0.1) is 11.3 Å². The Labute approximate surface area is 104 Å². The Kier molecular flexibility index (Phi) is 6.48. The molecule has 15 heavy (non-hydrogen) atoms. The van der Waals surface area contributed by atoms with Crippen molar-refractivity contribution in [1.29, 1.82) is 0 Å². The van der Waals surface area contributed by atoms with Crippen LogP contribution in [0.2, 0.25) is 0 Å². The molecule has 1 rings (SSSR count). The fraction of sp³-hybridized carbons (Fsp3) is 0.636. The summed E-state index contributed by atoms with van der Waals surface area (Å²) in [6, 6.07) is 2.19. The summed E-state index contributed by atoms with van der Waals surface area (Å²) in [5, 5.41) is 3.41. The van der Waals surface area contributed by atoms with E-state index in [2.05, 4.69) is 34.2 Å². The Balaban J connectivity index is 2.10. The molecule has 1 aromatic heterocycles. The van der Waals surface area contributed by atoms with E-state index in [4.69, 9.17) is 4.74 Å². The van der Waals surface area contributed by atoms with E-state index in [-0.39, 0.29) is 0 Å².